The minimum Gasteiger partial charge on any atom is -0.437 e. The minimum absolute atomic E-state index is 0.493. The van der Waals surface area contributed by atoms with Crippen LogP contribution in [0.5, 0.6) is 11.6 Å². The van der Waals surface area contributed by atoms with Crippen molar-refractivity contribution in [3.05, 3.63) is 52.1 Å². The normalized spacial score (nSPS) is 10.4. The molecule has 1 heterocycles. The summed E-state index contributed by atoms with van der Waals surface area (Å²) in [6.07, 6.45) is 0. The Morgan fingerprint density at radius 3 is 2.83 bits per heavy atom. The molecule has 1 N–H and O–H groups in total. The maximum Gasteiger partial charge on any atom is 0.219 e. The third-order valence-corrected chi connectivity index (χ3v) is 2.79. The van der Waals surface area contributed by atoms with Crippen LogP contribution in [0, 0.1) is 0 Å². The third kappa shape index (κ3) is 3.35. The molecule has 5 heteroatoms. The number of rotatable bonds is 4. The summed E-state index contributed by atoms with van der Waals surface area (Å²) >= 11 is 11.9. The largest absolute Gasteiger partial charge is 0.437 e. The summed E-state index contributed by atoms with van der Waals surface area (Å²) in [6.45, 7) is 0.681. The van der Waals surface area contributed by atoms with Crippen molar-refractivity contribution < 1.29 is 4.74 Å². The molecule has 0 saturated carbocycles. The van der Waals surface area contributed by atoms with Gasteiger partial charge in [0.05, 0.1) is 10.7 Å². The van der Waals surface area contributed by atoms with Crippen LogP contribution in [0.2, 0.25) is 10.0 Å². The fraction of sp³-hybridized carbons (Fsp3) is 0.154. The number of ether oxygens (including phenoxy) is 1. The Balaban J connectivity index is 2.22. The van der Waals surface area contributed by atoms with E-state index in [0.29, 0.717) is 28.2 Å². The zero-order valence-electron chi connectivity index (χ0n) is 9.78. The molecule has 0 aliphatic rings. The smallest absolute Gasteiger partial charge is 0.219 e. The van der Waals surface area contributed by atoms with Gasteiger partial charge < -0.3 is 10.1 Å². The van der Waals surface area contributed by atoms with Crippen LogP contribution >= 0.6 is 23.2 Å². The lowest BCUT2D eigenvalue weighted by Gasteiger charge is -2.08. The van der Waals surface area contributed by atoms with Gasteiger partial charge in [-0.2, -0.15) is 0 Å². The number of halogens is 2. The van der Waals surface area contributed by atoms with E-state index in [4.69, 9.17) is 27.9 Å². The van der Waals surface area contributed by atoms with E-state index in [9.17, 15) is 0 Å². The van der Waals surface area contributed by atoms with Gasteiger partial charge in [-0.3, -0.25) is 0 Å². The Hall–Kier alpha value is -1.29. The molecule has 0 amide bonds. The molecule has 0 aliphatic heterocycles. The van der Waals surface area contributed by atoms with Crippen LogP contribution in [0.15, 0.2) is 36.4 Å². The number of hydrogen-bond acceptors (Lipinski definition) is 3. The zero-order valence-corrected chi connectivity index (χ0v) is 11.3. The van der Waals surface area contributed by atoms with Crippen molar-refractivity contribution in [1.29, 1.82) is 0 Å². The van der Waals surface area contributed by atoms with Crippen molar-refractivity contribution in [2.45, 2.75) is 6.54 Å². The monoisotopic (exact) mass is 282 g/mol. The van der Waals surface area contributed by atoms with Gasteiger partial charge in [0.25, 0.3) is 0 Å². The summed E-state index contributed by atoms with van der Waals surface area (Å²) in [5.41, 5.74) is 0.896. The van der Waals surface area contributed by atoms with Crippen LogP contribution in [-0.4, -0.2) is 12.0 Å². The summed E-state index contributed by atoms with van der Waals surface area (Å²) in [6, 6.07) is 10.6. The molecule has 2 aromatic rings. The summed E-state index contributed by atoms with van der Waals surface area (Å²) in [4.78, 5) is 4.34. The Kier molecular flexibility index (Phi) is 4.42. The van der Waals surface area contributed by atoms with Gasteiger partial charge >= 0.3 is 0 Å². The molecule has 3 nitrogen and oxygen atoms in total. The lowest BCUT2D eigenvalue weighted by molar-refractivity contribution is 0.460. The summed E-state index contributed by atoms with van der Waals surface area (Å²) < 4.78 is 5.62. The second-order valence-electron chi connectivity index (χ2n) is 3.67. The lowest BCUT2D eigenvalue weighted by Crippen LogP contribution is -2.06. The molecule has 0 atom stereocenters. The summed E-state index contributed by atoms with van der Waals surface area (Å²) in [7, 11) is 1.86. The number of nitrogens with one attached hydrogen (secondary N) is 1. The van der Waals surface area contributed by atoms with E-state index in [2.05, 4.69) is 10.3 Å². The average Bonchev–Trinajstić information content (AvgIpc) is 2.35. The molecule has 1 aromatic carbocycles. The molecule has 94 valence electrons. The molecular weight excluding hydrogens is 271 g/mol. The van der Waals surface area contributed by atoms with E-state index in [1.807, 2.05) is 19.2 Å². The first-order valence-corrected chi connectivity index (χ1v) is 6.18. The minimum atomic E-state index is 0.493. The van der Waals surface area contributed by atoms with Crippen LogP contribution in [0.1, 0.15) is 5.69 Å². The van der Waals surface area contributed by atoms with E-state index in [0.717, 1.165) is 5.69 Å². The Morgan fingerprint density at radius 1 is 1.22 bits per heavy atom. The molecular formula is C13H12Cl2N2O. The predicted molar refractivity (Wildman–Crippen MR) is 73.5 cm³/mol. The molecule has 0 bridgehead atoms. The Morgan fingerprint density at radius 2 is 2.06 bits per heavy atom. The van der Waals surface area contributed by atoms with Gasteiger partial charge in [-0.05, 0) is 25.2 Å². The van der Waals surface area contributed by atoms with Crippen molar-refractivity contribution in [2.24, 2.45) is 0 Å². The van der Waals surface area contributed by atoms with Gasteiger partial charge in [-0.1, -0.05) is 29.3 Å². The van der Waals surface area contributed by atoms with E-state index >= 15 is 0 Å². The first-order valence-electron chi connectivity index (χ1n) is 5.42. The molecule has 0 saturated heterocycles. The second-order valence-corrected chi connectivity index (χ2v) is 4.52. The van der Waals surface area contributed by atoms with E-state index in [1.165, 1.54) is 0 Å². The maximum absolute atomic E-state index is 6.02. The van der Waals surface area contributed by atoms with Crippen LogP contribution < -0.4 is 10.1 Å². The molecule has 2 rings (SSSR count). The fourth-order valence-electron chi connectivity index (χ4n) is 1.46. The van der Waals surface area contributed by atoms with Crippen molar-refractivity contribution in [3.8, 4) is 11.6 Å². The van der Waals surface area contributed by atoms with Gasteiger partial charge in [0.15, 0.2) is 0 Å². The molecule has 0 unspecified atom stereocenters. The quantitative estimate of drug-likeness (QED) is 0.924. The first-order chi connectivity index (χ1) is 8.69. The van der Waals surface area contributed by atoms with Crippen molar-refractivity contribution in [2.75, 3.05) is 7.05 Å². The van der Waals surface area contributed by atoms with Gasteiger partial charge in [0.2, 0.25) is 5.88 Å². The topological polar surface area (TPSA) is 34.1 Å². The molecule has 0 aliphatic carbocycles. The van der Waals surface area contributed by atoms with Gasteiger partial charge in [0.1, 0.15) is 5.75 Å². The highest BCUT2D eigenvalue weighted by molar-refractivity contribution is 6.34. The standard InChI is InChI=1S/C13H12Cl2N2O/c1-16-8-10-3-2-4-13(17-10)18-12-7-9(14)5-6-11(12)15/h2-7,16H,8H2,1H3. The highest BCUT2D eigenvalue weighted by Crippen LogP contribution is 2.31. The molecule has 1 aromatic heterocycles. The van der Waals surface area contributed by atoms with Crippen LogP contribution in [0.3, 0.4) is 0 Å². The highest BCUT2D eigenvalue weighted by Gasteiger charge is 2.05. The summed E-state index contributed by atoms with van der Waals surface area (Å²) in [5, 5.41) is 4.10. The van der Waals surface area contributed by atoms with Gasteiger partial charge in [0, 0.05) is 23.7 Å². The molecule has 0 radical (unpaired) electrons. The Bertz CT molecular complexity index is 546. The van der Waals surface area contributed by atoms with Crippen molar-refractivity contribution in [1.82, 2.24) is 10.3 Å². The predicted octanol–water partition coefficient (Wildman–Crippen LogP) is 3.90. The van der Waals surface area contributed by atoms with Gasteiger partial charge in [-0.15, -0.1) is 0 Å². The number of benzene rings is 1. The van der Waals surface area contributed by atoms with E-state index in [-0.39, 0.29) is 0 Å². The lowest BCUT2D eigenvalue weighted by atomic mass is 10.3. The van der Waals surface area contributed by atoms with E-state index < -0.39 is 0 Å². The maximum atomic E-state index is 6.02. The first kappa shape index (κ1) is 13.1. The van der Waals surface area contributed by atoms with E-state index in [1.54, 1.807) is 24.3 Å². The number of hydrogen-bond donors (Lipinski definition) is 1. The summed E-state index contributed by atoms with van der Waals surface area (Å²) in [5.74, 6) is 0.991. The average molecular weight is 283 g/mol. The molecule has 0 fully saturated rings. The molecule has 0 spiro atoms. The Labute approximate surface area is 116 Å². The second kappa shape index (κ2) is 6.05. The number of pyridine rings is 1. The molecule has 18 heavy (non-hydrogen) atoms. The van der Waals surface area contributed by atoms with Crippen LogP contribution in [0.25, 0.3) is 0 Å². The van der Waals surface area contributed by atoms with Gasteiger partial charge in [-0.25, -0.2) is 4.98 Å². The highest BCUT2D eigenvalue weighted by atomic mass is 35.5. The zero-order chi connectivity index (χ0) is 13.0. The fourth-order valence-corrected chi connectivity index (χ4v) is 1.78. The number of nitrogens with zero attached hydrogens (tertiary/aromatic N) is 1. The van der Waals surface area contributed by atoms with Crippen molar-refractivity contribution >= 4 is 23.2 Å². The third-order valence-electron chi connectivity index (χ3n) is 2.25. The van der Waals surface area contributed by atoms with Crippen LogP contribution in [-0.2, 0) is 6.54 Å². The number of aromatic nitrogens is 1. The van der Waals surface area contributed by atoms with Crippen LogP contribution in [0.4, 0.5) is 0 Å². The van der Waals surface area contributed by atoms with Crippen molar-refractivity contribution in [3.63, 3.8) is 0 Å². The SMILES string of the molecule is CNCc1cccc(Oc2cc(Cl)ccc2Cl)n1.